The average molecular weight is 392 g/mol. The van der Waals surface area contributed by atoms with Crippen molar-refractivity contribution < 1.29 is 8.78 Å². The van der Waals surface area contributed by atoms with Crippen LogP contribution in [0.25, 0.3) is 22.3 Å². The number of hydrogen-bond acceptors (Lipinski definition) is 4. The van der Waals surface area contributed by atoms with Crippen LogP contribution in [0.5, 0.6) is 0 Å². The van der Waals surface area contributed by atoms with Gasteiger partial charge in [0.05, 0.1) is 11.7 Å². The summed E-state index contributed by atoms with van der Waals surface area (Å²) in [5.74, 6) is -0.481. The van der Waals surface area contributed by atoms with Gasteiger partial charge in [-0.2, -0.15) is 0 Å². The molecule has 3 aromatic rings. The van der Waals surface area contributed by atoms with Crippen LogP contribution in [0.1, 0.15) is 25.7 Å². The molecular formula is C19H20ClF2N5. The van der Waals surface area contributed by atoms with E-state index < -0.39 is 11.6 Å². The lowest BCUT2D eigenvalue weighted by atomic mass is 9.91. The molecule has 0 saturated heterocycles. The Hall–Kier alpha value is -2.25. The molecular weight excluding hydrogens is 372 g/mol. The van der Waals surface area contributed by atoms with Crippen LogP contribution in [-0.2, 0) is 0 Å². The Morgan fingerprint density at radius 3 is 2.81 bits per heavy atom. The summed E-state index contributed by atoms with van der Waals surface area (Å²) in [7, 11) is 1.94. The van der Waals surface area contributed by atoms with E-state index in [-0.39, 0.29) is 16.9 Å². The summed E-state index contributed by atoms with van der Waals surface area (Å²) in [6.45, 7) is 0. The first kappa shape index (κ1) is 18.1. The fourth-order valence-electron chi connectivity index (χ4n) is 3.71. The van der Waals surface area contributed by atoms with Gasteiger partial charge in [-0.3, -0.25) is 0 Å². The number of aromatic amines is 1. The summed E-state index contributed by atoms with van der Waals surface area (Å²) in [5.41, 5.74) is 0.896. The van der Waals surface area contributed by atoms with E-state index in [2.05, 4.69) is 25.6 Å². The highest BCUT2D eigenvalue weighted by Gasteiger charge is 2.22. The van der Waals surface area contributed by atoms with Crippen LogP contribution < -0.4 is 10.6 Å². The van der Waals surface area contributed by atoms with Crippen LogP contribution >= 0.6 is 11.6 Å². The molecule has 0 amide bonds. The molecule has 2 heterocycles. The maximum atomic E-state index is 14.3. The van der Waals surface area contributed by atoms with Gasteiger partial charge >= 0.3 is 0 Å². The first-order valence-electron chi connectivity index (χ1n) is 8.98. The van der Waals surface area contributed by atoms with Crippen molar-refractivity contribution in [3.05, 3.63) is 41.2 Å². The SMILES string of the molecule is CN[C@@H]1CCC[C@H](Nc2nc(-c3c[nH]c4c(F)cc(Cl)cc34)ncc2F)C1. The molecule has 5 nitrogen and oxygen atoms in total. The Labute approximate surface area is 160 Å². The summed E-state index contributed by atoms with van der Waals surface area (Å²) in [4.78, 5) is 11.3. The van der Waals surface area contributed by atoms with Crippen LogP contribution in [-0.4, -0.2) is 34.1 Å². The minimum absolute atomic E-state index is 0.142. The van der Waals surface area contributed by atoms with Crippen molar-refractivity contribution in [2.45, 2.75) is 37.8 Å². The number of halogens is 3. The number of aromatic nitrogens is 3. The Balaban J connectivity index is 1.67. The molecule has 0 unspecified atom stereocenters. The summed E-state index contributed by atoms with van der Waals surface area (Å²) < 4.78 is 28.4. The second kappa shape index (κ2) is 7.40. The van der Waals surface area contributed by atoms with Gasteiger partial charge in [0, 0.05) is 34.3 Å². The minimum atomic E-state index is -0.505. The number of anilines is 1. The van der Waals surface area contributed by atoms with Gasteiger partial charge in [-0.1, -0.05) is 11.6 Å². The summed E-state index contributed by atoms with van der Waals surface area (Å²) in [6, 6.07) is 3.44. The van der Waals surface area contributed by atoms with E-state index in [1.54, 1.807) is 12.3 Å². The molecule has 2 aromatic heterocycles. The number of H-pyrrole nitrogens is 1. The van der Waals surface area contributed by atoms with E-state index in [4.69, 9.17) is 11.6 Å². The maximum absolute atomic E-state index is 14.3. The molecule has 1 aliphatic carbocycles. The molecule has 27 heavy (non-hydrogen) atoms. The monoisotopic (exact) mass is 391 g/mol. The van der Waals surface area contributed by atoms with Gasteiger partial charge in [0.2, 0.25) is 0 Å². The molecule has 0 aliphatic heterocycles. The minimum Gasteiger partial charge on any atom is -0.365 e. The number of hydrogen-bond donors (Lipinski definition) is 3. The first-order valence-corrected chi connectivity index (χ1v) is 9.35. The Bertz CT molecular complexity index is 974. The number of nitrogens with one attached hydrogen (secondary N) is 3. The average Bonchev–Trinajstić information content (AvgIpc) is 3.08. The van der Waals surface area contributed by atoms with Crippen molar-refractivity contribution in [1.82, 2.24) is 20.3 Å². The smallest absolute Gasteiger partial charge is 0.183 e. The lowest BCUT2D eigenvalue weighted by Crippen LogP contribution is -2.37. The second-order valence-electron chi connectivity index (χ2n) is 6.90. The fourth-order valence-corrected chi connectivity index (χ4v) is 3.92. The Kier molecular flexibility index (Phi) is 4.97. The molecule has 1 fully saturated rings. The van der Waals surface area contributed by atoms with E-state index >= 15 is 0 Å². The lowest BCUT2D eigenvalue weighted by Gasteiger charge is -2.29. The highest BCUT2D eigenvalue weighted by molar-refractivity contribution is 6.31. The standard InChI is InChI=1S/C19H20ClF2N5/c1-23-11-3-2-4-12(7-11)26-19-16(22)9-25-18(27-19)14-8-24-17-13(14)5-10(20)6-15(17)21/h5-6,8-9,11-12,23-24H,2-4,7H2,1H3,(H,25,26,27)/t11-,12+/m1/s1. The van der Waals surface area contributed by atoms with Gasteiger partial charge < -0.3 is 15.6 Å². The molecule has 0 spiro atoms. The van der Waals surface area contributed by atoms with Crippen LogP contribution in [0.2, 0.25) is 5.02 Å². The van der Waals surface area contributed by atoms with Crippen molar-refractivity contribution >= 4 is 28.3 Å². The van der Waals surface area contributed by atoms with Crippen LogP contribution in [0.4, 0.5) is 14.6 Å². The van der Waals surface area contributed by atoms with Gasteiger partial charge in [0.1, 0.15) is 5.82 Å². The third-order valence-corrected chi connectivity index (χ3v) is 5.33. The largest absolute Gasteiger partial charge is 0.365 e. The highest BCUT2D eigenvalue weighted by atomic mass is 35.5. The zero-order valence-electron chi connectivity index (χ0n) is 14.8. The number of rotatable bonds is 4. The summed E-state index contributed by atoms with van der Waals surface area (Å²) >= 11 is 5.98. The van der Waals surface area contributed by atoms with Crippen molar-refractivity contribution in [2.75, 3.05) is 12.4 Å². The zero-order chi connectivity index (χ0) is 19.0. The van der Waals surface area contributed by atoms with Crippen LogP contribution in [0.3, 0.4) is 0 Å². The number of benzene rings is 1. The van der Waals surface area contributed by atoms with E-state index in [0.717, 1.165) is 31.9 Å². The predicted molar refractivity (Wildman–Crippen MR) is 103 cm³/mol. The first-order chi connectivity index (χ1) is 13.0. The number of fused-ring (bicyclic) bond motifs is 1. The molecule has 142 valence electrons. The van der Waals surface area contributed by atoms with E-state index in [1.165, 1.54) is 6.07 Å². The summed E-state index contributed by atoms with van der Waals surface area (Å²) in [6.07, 6.45) is 6.81. The molecule has 3 N–H and O–H groups in total. The van der Waals surface area contributed by atoms with Crippen LogP contribution in [0.15, 0.2) is 24.5 Å². The molecule has 1 saturated carbocycles. The molecule has 0 bridgehead atoms. The number of nitrogens with zero attached hydrogens (tertiary/aromatic N) is 2. The molecule has 0 radical (unpaired) electrons. The third-order valence-electron chi connectivity index (χ3n) is 5.11. The molecule has 4 rings (SSSR count). The molecule has 2 atom stereocenters. The molecule has 1 aliphatic rings. The Morgan fingerprint density at radius 2 is 2.00 bits per heavy atom. The van der Waals surface area contributed by atoms with Crippen molar-refractivity contribution in [3.63, 3.8) is 0 Å². The topological polar surface area (TPSA) is 65.6 Å². The zero-order valence-corrected chi connectivity index (χ0v) is 15.6. The van der Waals surface area contributed by atoms with Gasteiger partial charge in [0.15, 0.2) is 17.5 Å². The fraction of sp³-hybridized carbons (Fsp3) is 0.368. The van der Waals surface area contributed by atoms with Gasteiger partial charge in [-0.15, -0.1) is 0 Å². The van der Waals surface area contributed by atoms with Gasteiger partial charge in [0.25, 0.3) is 0 Å². The van der Waals surface area contributed by atoms with E-state index in [1.807, 2.05) is 7.05 Å². The van der Waals surface area contributed by atoms with Gasteiger partial charge in [-0.25, -0.2) is 18.7 Å². The normalized spacial score (nSPS) is 20.1. The lowest BCUT2D eigenvalue weighted by molar-refractivity contribution is 0.368. The predicted octanol–water partition coefficient (Wildman–Crippen LogP) is 4.50. The quantitative estimate of drug-likeness (QED) is 0.612. The van der Waals surface area contributed by atoms with Crippen molar-refractivity contribution in [1.29, 1.82) is 0 Å². The highest BCUT2D eigenvalue weighted by Crippen LogP contribution is 2.31. The molecule has 1 aromatic carbocycles. The van der Waals surface area contributed by atoms with Gasteiger partial charge in [-0.05, 0) is 44.9 Å². The second-order valence-corrected chi connectivity index (χ2v) is 7.33. The van der Waals surface area contributed by atoms with Crippen molar-refractivity contribution in [3.8, 4) is 11.4 Å². The van der Waals surface area contributed by atoms with E-state index in [0.29, 0.717) is 28.3 Å². The summed E-state index contributed by atoms with van der Waals surface area (Å²) in [5, 5.41) is 7.33. The van der Waals surface area contributed by atoms with Crippen molar-refractivity contribution in [2.24, 2.45) is 0 Å². The molecule has 8 heteroatoms. The maximum Gasteiger partial charge on any atom is 0.183 e. The Morgan fingerprint density at radius 1 is 1.19 bits per heavy atom. The van der Waals surface area contributed by atoms with E-state index in [9.17, 15) is 8.78 Å². The third kappa shape index (κ3) is 3.61. The van der Waals surface area contributed by atoms with Crippen LogP contribution in [0, 0.1) is 11.6 Å².